The highest BCUT2D eigenvalue weighted by molar-refractivity contribution is 7.92. The van der Waals surface area contributed by atoms with E-state index in [1.165, 1.54) is 25.1 Å². The van der Waals surface area contributed by atoms with Gasteiger partial charge in [0.05, 0.1) is 18.0 Å². The Bertz CT molecular complexity index is 1020. The zero-order chi connectivity index (χ0) is 21.4. The van der Waals surface area contributed by atoms with Gasteiger partial charge >= 0.3 is 0 Å². The molecule has 1 heterocycles. The second kappa shape index (κ2) is 7.67. The first-order valence-corrected chi connectivity index (χ1v) is 11.2. The quantitative estimate of drug-likeness (QED) is 0.805. The van der Waals surface area contributed by atoms with E-state index in [0.29, 0.717) is 12.2 Å². The Kier molecular flexibility index (Phi) is 5.58. The van der Waals surface area contributed by atoms with Crippen LogP contribution in [-0.2, 0) is 14.8 Å². The fourth-order valence-corrected chi connectivity index (χ4v) is 4.81. The highest BCUT2D eigenvalue weighted by atomic mass is 32.2. The van der Waals surface area contributed by atoms with Crippen LogP contribution < -0.4 is 14.4 Å². The number of benzene rings is 2. The summed E-state index contributed by atoms with van der Waals surface area (Å²) in [5.41, 5.74) is 0.445. The number of nitrogens with zero attached hydrogens (tertiary/aromatic N) is 1. The number of nitrogens with one attached hydrogen (secondary N) is 1. The van der Waals surface area contributed by atoms with Crippen LogP contribution in [0.25, 0.3) is 0 Å². The van der Waals surface area contributed by atoms with Crippen LogP contribution in [0.5, 0.6) is 5.75 Å². The highest BCUT2D eigenvalue weighted by Crippen LogP contribution is 2.39. The molecular weight excluding hydrogens is 395 g/mol. The number of halogens is 1. The minimum absolute atomic E-state index is 0.0999. The van der Waals surface area contributed by atoms with Gasteiger partial charge in [0.2, 0.25) is 15.9 Å². The average molecular weight is 421 g/mol. The first-order chi connectivity index (χ1) is 13.5. The number of para-hydroxylation sites is 1. The third kappa shape index (κ3) is 4.70. The van der Waals surface area contributed by atoms with E-state index in [0.717, 1.165) is 22.2 Å². The zero-order valence-corrected chi connectivity index (χ0v) is 17.7. The average Bonchev–Trinajstić information content (AvgIpc) is 2.59. The van der Waals surface area contributed by atoms with Gasteiger partial charge in [-0.1, -0.05) is 24.3 Å². The van der Waals surface area contributed by atoms with E-state index < -0.39 is 33.4 Å². The van der Waals surface area contributed by atoms with Crippen molar-refractivity contribution < 1.29 is 22.3 Å². The normalized spacial score (nSPS) is 18.9. The first-order valence-electron chi connectivity index (χ1n) is 9.31. The minimum atomic E-state index is -3.82. The number of sulfonamides is 1. The maximum absolute atomic E-state index is 13.7. The van der Waals surface area contributed by atoms with Gasteiger partial charge in [0.25, 0.3) is 0 Å². The van der Waals surface area contributed by atoms with E-state index in [4.69, 9.17) is 4.74 Å². The van der Waals surface area contributed by atoms with Crippen LogP contribution in [0.4, 0.5) is 10.1 Å². The van der Waals surface area contributed by atoms with Crippen molar-refractivity contribution >= 4 is 21.6 Å². The molecule has 6 nitrogen and oxygen atoms in total. The molecule has 1 N–H and O–H groups in total. The predicted molar refractivity (Wildman–Crippen MR) is 110 cm³/mol. The summed E-state index contributed by atoms with van der Waals surface area (Å²) in [4.78, 5) is 13.0. The summed E-state index contributed by atoms with van der Waals surface area (Å²) in [6, 6.07) is 11.2. The molecule has 2 aromatic carbocycles. The van der Waals surface area contributed by atoms with E-state index in [1.807, 2.05) is 38.1 Å². The van der Waals surface area contributed by atoms with E-state index >= 15 is 0 Å². The molecule has 1 aliphatic rings. The molecular formula is C21H25FN2O4S. The summed E-state index contributed by atoms with van der Waals surface area (Å²) in [6.45, 7) is 5.35. The molecule has 29 heavy (non-hydrogen) atoms. The zero-order valence-electron chi connectivity index (χ0n) is 16.8. The monoisotopic (exact) mass is 420 g/mol. The third-order valence-corrected chi connectivity index (χ3v) is 6.09. The number of anilines is 1. The Balaban J connectivity index is 1.89. The lowest BCUT2D eigenvalue weighted by molar-refractivity contribution is -0.123. The van der Waals surface area contributed by atoms with E-state index in [2.05, 4.69) is 5.32 Å². The van der Waals surface area contributed by atoms with Gasteiger partial charge in [-0.25, -0.2) is 12.8 Å². The largest absolute Gasteiger partial charge is 0.487 e. The molecule has 1 aliphatic heterocycles. The van der Waals surface area contributed by atoms with Gasteiger partial charge in [-0.05, 0) is 45.0 Å². The molecule has 0 aromatic heterocycles. The molecule has 2 atom stereocenters. The molecule has 156 valence electrons. The van der Waals surface area contributed by atoms with Crippen LogP contribution in [0.15, 0.2) is 48.5 Å². The Labute approximate surface area is 170 Å². The first kappa shape index (κ1) is 21.1. The molecule has 0 aliphatic carbocycles. The SMILES string of the molecule is C[C@H](C(=O)N[C@H]1CC(C)(C)Oc2ccccc21)N(c1cccc(F)c1)S(C)(=O)=O. The summed E-state index contributed by atoms with van der Waals surface area (Å²) >= 11 is 0. The minimum Gasteiger partial charge on any atom is -0.487 e. The van der Waals surface area contributed by atoms with E-state index in [1.54, 1.807) is 0 Å². The van der Waals surface area contributed by atoms with Crippen LogP contribution in [0.2, 0.25) is 0 Å². The Hall–Kier alpha value is -2.61. The fourth-order valence-electron chi connectivity index (χ4n) is 3.65. The van der Waals surface area contributed by atoms with Gasteiger partial charge in [-0.2, -0.15) is 0 Å². The van der Waals surface area contributed by atoms with Crippen molar-refractivity contribution in [2.24, 2.45) is 0 Å². The number of rotatable bonds is 5. The lowest BCUT2D eigenvalue weighted by Gasteiger charge is -2.38. The number of amides is 1. The Morgan fingerprint density at radius 2 is 1.93 bits per heavy atom. The fraction of sp³-hybridized carbons (Fsp3) is 0.381. The molecule has 0 radical (unpaired) electrons. The second-order valence-corrected chi connectivity index (χ2v) is 9.74. The number of carbonyl (C=O) groups is 1. The summed E-state index contributed by atoms with van der Waals surface area (Å²) in [7, 11) is -3.82. The van der Waals surface area contributed by atoms with Crippen molar-refractivity contribution in [3.63, 3.8) is 0 Å². The van der Waals surface area contributed by atoms with Crippen molar-refractivity contribution in [3.05, 3.63) is 59.9 Å². The van der Waals surface area contributed by atoms with Crippen molar-refractivity contribution in [3.8, 4) is 5.75 Å². The topological polar surface area (TPSA) is 75.7 Å². The van der Waals surface area contributed by atoms with Gasteiger partial charge in [0.1, 0.15) is 23.2 Å². The van der Waals surface area contributed by atoms with Crippen molar-refractivity contribution in [2.75, 3.05) is 10.6 Å². The van der Waals surface area contributed by atoms with E-state index in [-0.39, 0.29) is 11.7 Å². The van der Waals surface area contributed by atoms with E-state index in [9.17, 15) is 17.6 Å². The summed E-state index contributed by atoms with van der Waals surface area (Å²) in [5, 5.41) is 2.95. The molecule has 0 saturated heterocycles. The van der Waals surface area contributed by atoms with Gasteiger partial charge in [-0.15, -0.1) is 0 Å². The summed E-state index contributed by atoms with van der Waals surface area (Å²) in [6.07, 6.45) is 1.52. The molecule has 0 saturated carbocycles. The molecule has 1 amide bonds. The predicted octanol–water partition coefficient (Wildman–Crippen LogP) is 3.40. The number of ether oxygens (including phenoxy) is 1. The van der Waals surface area contributed by atoms with Crippen molar-refractivity contribution in [2.45, 2.75) is 44.9 Å². The molecule has 8 heteroatoms. The molecule has 0 bridgehead atoms. The van der Waals surface area contributed by atoms with Gasteiger partial charge in [0.15, 0.2) is 0 Å². The highest BCUT2D eigenvalue weighted by Gasteiger charge is 2.36. The number of fused-ring (bicyclic) bond motifs is 1. The maximum atomic E-state index is 13.7. The summed E-state index contributed by atoms with van der Waals surface area (Å²) in [5.74, 6) is -0.368. The van der Waals surface area contributed by atoms with Crippen LogP contribution in [0.3, 0.4) is 0 Å². The second-order valence-electron chi connectivity index (χ2n) is 7.88. The van der Waals surface area contributed by atoms with Crippen LogP contribution in [0, 0.1) is 5.82 Å². The van der Waals surface area contributed by atoms with Crippen molar-refractivity contribution in [1.82, 2.24) is 5.32 Å². The number of hydrogen-bond acceptors (Lipinski definition) is 4. The van der Waals surface area contributed by atoms with Crippen LogP contribution >= 0.6 is 0 Å². The smallest absolute Gasteiger partial charge is 0.244 e. The number of hydrogen-bond donors (Lipinski definition) is 1. The Morgan fingerprint density at radius 1 is 1.24 bits per heavy atom. The molecule has 0 spiro atoms. The lowest BCUT2D eigenvalue weighted by atomic mass is 9.89. The molecule has 0 fully saturated rings. The summed E-state index contributed by atoms with van der Waals surface area (Å²) < 4.78 is 45.3. The third-order valence-electron chi connectivity index (χ3n) is 4.84. The van der Waals surface area contributed by atoms with Gasteiger partial charge in [0, 0.05) is 12.0 Å². The van der Waals surface area contributed by atoms with Crippen molar-refractivity contribution in [1.29, 1.82) is 0 Å². The molecule has 2 aromatic rings. The van der Waals surface area contributed by atoms with Crippen LogP contribution in [0.1, 0.15) is 38.8 Å². The lowest BCUT2D eigenvalue weighted by Crippen LogP contribution is -2.50. The van der Waals surface area contributed by atoms with Gasteiger partial charge in [-0.3, -0.25) is 9.10 Å². The van der Waals surface area contributed by atoms with Gasteiger partial charge < -0.3 is 10.1 Å². The maximum Gasteiger partial charge on any atom is 0.244 e. The molecule has 0 unspecified atom stereocenters. The standard InChI is InChI=1S/C21H25FN2O4S/c1-14(24(29(4,26)27)16-9-7-8-15(22)12-16)20(25)23-18-13-21(2,3)28-19-11-6-5-10-17(18)19/h5-12,14,18H,13H2,1-4H3,(H,23,25)/t14-,18+/m1/s1. The number of carbonyl (C=O) groups excluding carboxylic acids is 1. The molecule has 3 rings (SSSR count). The Morgan fingerprint density at radius 3 is 2.59 bits per heavy atom. The van der Waals surface area contributed by atoms with Crippen LogP contribution in [-0.4, -0.2) is 32.2 Å².